The van der Waals surface area contributed by atoms with Gasteiger partial charge in [0, 0.05) is 30.8 Å². The minimum absolute atomic E-state index is 0.172. The number of aromatic nitrogens is 4. The fourth-order valence-corrected chi connectivity index (χ4v) is 2.80. The van der Waals surface area contributed by atoms with Gasteiger partial charge >= 0.3 is 0 Å². The molecule has 2 aromatic rings. The Labute approximate surface area is 141 Å². The Balaban J connectivity index is 1.59. The van der Waals surface area contributed by atoms with Crippen molar-refractivity contribution < 1.29 is 4.79 Å². The van der Waals surface area contributed by atoms with Crippen LogP contribution in [0.5, 0.6) is 0 Å². The van der Waals surface area contributed by atoms with Crippen LogP contribution in [0.15, 0.2) is 12.1 Å². The van der Waals surface area contributed by atoms with Gasteiger partial charge in [0.2, 0.25) is 5.91 Å². The van der Waals surface area contributed by atoms with Gasteiger partial charge in [0.15, 0.2) is 5.82 Å². The molecule has 1 fully saturated rings. The van der Waals surface area contributed by atoms with E-state index in [1.54, 1.807) is 0 Å². The first kappa shape index (κ1) is 16.4. The van der Waals surface area contributed by atoms with Gasteiger partial charge in [0.25, 0.3) is 0 Å². The zero-order chi connectivity index (χ0) is 17.1. The maximum atomic E-state index is 11.8. The van der Waals surface area contributed by atoms with Crippen molar-refractivity contribution in [2.45, 2.75) is 40.0 Å². The van der Waals surface area contributed by atoms with Crippen molar-refractivity contribution in [1.82, 2.24) is 25.1 Å². The highest BCUT2D eigenvalue weighted by molar-refractivity contribution is 5.79. The van der Waals surface area contributed by atoms with E-state index in [9.17, 15) is 4.79 Å². The van der Waals surface area contributed by atoms with Crippen molar-refractivity contribution in [3.63, 3.8) is 0 Å². The molecule has 0 unspecified atom stereocenters. The molecule has 0 bridgehead atoms. The van der Waals surface area contributed by atoms with Crippen molar-refractivity contribution in [3.05, 3.63) is 29.3 Å². The molecule has 0 atom stereocenters. The predicted molar refractivity (Wildman–Crippen MR) is 92.2 cm³/mol. The van der Waals surface area contributed by atoms with Gasteiger partial charge in [-0.05, 0) is 39.7 Å². The van der Waals surface area contributed by atoms with Gasteiger partial charge in [0.1, 0.15) is 11.6 Å². The molecule has 1 aliphatic rings. The molecule has 24 heavy (non-hydrogen) atoms. The fourth-order valence-electron chi connectivity index (χ4n) is 2.80. The molecule has 0 radical (unpaired) electrons. The molecular formula is C17H24N6O. The van der Waals surface area contributed by atoms with E-state index >= 15 is 0 Å². The summed E-state index contributed by atoms with van der Waals surface area (Å²) in [6, 6.07) is 3.89. The van der Waals surface area contributed by atoms with Crippen molar-refractivity contribution in [3.8, 4) is 5.82 Å². The molecule has 1 aliphatic carbocycles. The second-order valence-corrected chi connectivity index (χ2v) is 6.34. The number of nitrogens with zero attached hydrogens (tertiary/aromatic N) is 4. The third kappa shape index (κ3) is 3.72. The minimum atomic E-state index is 0.172. The quantitative estimate of drug-likeness (QED) is 0.791. The Kier molecular flexibility index (Phi) is 4.78. The van der Waals surface area contributed by atoms with E-state index in [-0.39, 0.29) is 11.8 Å². The average molecular weight is 328 g/mol. The van der Waals surface area contributed by atoms with Crippen LogP contribution < -0.4 is 10.6 Å². The summed E-state index contributed by atoms with van der Waals surface area (Å²) in [4.78, 5) is 20.6. The molecule has 1 saturated carbocycles. The maximum Gasteiger partial charge on any atom is 0.223 e. The smallest absolute Gasteiger partial charge is 0.223 e. The van der Waals surface area contributed by atoms with Crippen LogP contribution >= 0.6 is 0 Å². The zero-order valence-electron chi connectivity index (χ0n) is 14.5. The minimum Gasteiger partial charge on any atom is -0.368 e. The van der Waals surface area contributed by atoms with E-state index in [1.165, 1.54) is 6.42 Å². The lowest BCUT2D eigenvalue weighted by Crippen LogP contribution is -2.36. The van der Waals surface area contributed by atoms with Gasteiger partial charge in [0.05, 0.1) is 5.69 Å². The van der Waals surface area contributed by atoms with Gasteiger partial charge < -0.3 is 10.6 Å². The van der Waals surface area contributed by atoms with Gasteiger partial charge in [-0.25, -0.2) is 14.6 Å². The lowest BCUT2D eigenvalue weighted by molar-refractivity contribution is -0.127. The van der Waals surface area contributed by atoms with E-state index in [2.05, 4.69) is 25.7 Å². The summed E-state index contributed by atoms with van der Waals surface area (Å²) in [5, 5.41) is 10.7. The predicted octanol–water partition coefficient (Wildman–Crippen LogP) is 1.92. The Morgan fingerprint density at radius 3 is 2.62 bits per heavy atom. The molecule has 128 valence electrons. The topological polar surface area (TPSA) is 84.7 Å². The highest BCUT2D eigenvalue weighted by Gasteiger charge is 2.24. The normalized spacial score (nSPS) is 14.3. The Hall–Kier alpha value is -2.44. The van der Waals surface area contributed by atoms with Crippen LogP contribution in [0.25, 0.3) is 5.82 Å². The molecule has 2 heterocycles. The van der Waals surface area contributed by atoms with Crippen molar-refractivity contribution in [2.75, 3.05) is 18.4 Å². The molecule has 7 nitrogen and oxygen atoms in total. The molecule has 1 amide bonds. The van der Waals surface area contributed by atoms with Crippen LogP contribution in [-0.4, -0.2) is 38.7 Å². The molecule has 2 aromatic heterocycles. The standard InChI is InChI=1S/C17H24N6O/c1-11-9-12(2)23(22-11)16-10-15(20-13(3)21-16)18-7-8-19-17(24)14-5-4-6-14/h9-10,14H,4-8H2,1-3H3,(H,19,24)(H,18,20,21). The van der Waals surface area contributed by atoms with Crippen LogP contribution in [0.3, 0.4) is 0 Å². The lowest BCUT2D eigenvalue weighted by atomic mass is 9.85. The van der Waals surface area contributed by atoms with Gasteiger partial charge in [-0.1, -0.05) is 6.42 Å². The number of carbonyl (C=O) groups excluding carboxylic acids is 1. The first-order chi connectivity index (χ1) is 11.5. The zero-order valence-corrected chi connectivity index (χ0v) is 14.5. The van der Waals surface area contributed by atoms with Crippen LogP contribution in [-0.2, 0) is 4.79 Å². The average Bonchev–Trinajstić information content (AvgIpc) is 2.80. The number of hydrogen-bond acceptors (Lipinski definition) is 5. The van der Waals surface area contributed by atoms with Gasteiger partial charge in [-0.2, -0.15) is 5.10 Å². The Morgan fingerprint density at radius 1 is 1.21 bits per heavy atom. The van der Waals surface area contributed by atoms with E-state index in [1.807, 2.05) is 37.6 Å². The number of nitrogens with one attached hydrogen (secondary N) is 2. The van der Waals surface area contributed by atoms with Crippen molar-refractivity contribution >= 4 is 11.7 Å². The third-order valence-corrected chi connectivity index (χ3v) is 4.26. The van der Waals surface area contributed by atoms with Crippen molar-refractivity contribution in [2.24, 2.45) is 5.92 Å². The lowest BCUT2D eigenvalue weighted by Gasteiger charge is -2.24. The maximum absolute atomic E-state index is 11.8. The van der Waals surface area contributed by atoms with Crippen molar-refractivity contribution in [1.29, 1.82) is 0 Å². The molecule has 2 N–H and O–H groups in total. The number of carbonyl (C=O) groups is 1. The fraction of sp³-hybridized carbons (Fsp3) is 0.529. The summed E-state index contributed by atoms with van der Waals surface area (Å²) in [5.74, 6) is 2.56. The summed E-state index contributed by atoms with van der Waals surface area (Å²) in [7, 11) is 0. The summed E-state index contributed by atoms with van der Waals surface area (Å²) in [5.41, 5.74) is 1.99. The number of rotatable bonds is 6. The number of anilines is 1. The van der Waals surface area contributed by atoms with Gasteiger partial charge in [-0.3, -0.25) is 4.79 Å². The molecule has 0 spiro atoms. The second-order valence-electron chi connectivity index (χ2n) is 6.34. The largest absolute Gasteiger partial charge is 0.368 e. The van der Waals surface area contributed by atoms with Crippen LogP contribution in [0.1, 0.15) is 36.5 Å². The number of hydrogen-bond donors (Lipinski definition) is 2. The van der Waals surface area contributed by atoms with E-state index in [4.69, 9.17) is 0 Å². The molecule has 0 saturated heterocycles. The van der Waals surface area contributed by atoms with Crippen LogP contribution in [0.4, 0.5) is 5.82 Å². The highest BCUT2D eigenvalue weighted by Crippen LogP contribution is 2.26. The van der Waals surface area contributed by atoms with E-state index in [0.717, 1.165) is 35.9 Å². The first-order valence-electron chi connectivity index (χ1n) is 8.44. The summed E-state index contributed by atoms with van der Waals surface area (Å²) in [6.45, 7) is 7.04. The molecule has 0 aliphatic heterocycles. The molecule has 3 rings (SSSR count). The second kappa shape index (κ2) is 6.98. The summed E-state index contributed by atoms with van der Waals surface area (Å²) in [6.07, 6.45) is 3.22. The van der Waals surface area contributed by atoms with Crippen LogP contribution in [0.2, 0.25) is 0 Å². The van der Waals surface area contributed by atoms with E-state index in [0.29, 0.717) is 18.9 Å². The third-order valence-electron chi connectivity index (χ3n) is 4.26. The SMILES string of the molecule is Cc1cc(C)n(-c2cc(NCCNC(=O)C3CCC3)nc(C)n2)n1. The Bertz CT molecular complexity index is 735. The Morgan fingerprint density at radius 2 is 2.00 bits per heavy atom. The number of amides is 1. The highest BCUT2D eigenvalue weighted by atomic mass is 16.1. The summed E-state index contributed by atoms with van der Waals surface area (Å²) >= 11 is 0. The molecular weight excluding hydrogens is 304 g/mol. The van der Waals surface area contributed by atoms with E-state index < -0.39 is 0 Å². The first-order valence-corrected chi connectivity index (χ1v) is 8.44. The number of aryl methyl sites for hydroxylation is 3. The monoisotopic (exact) mass is 328 g/mol. The molecule has 7 heteroatoms. The molecule has 0 aromatic carbocycles. The van der Waals surface area contributed by atoms with Gasteiger partial charge in [-0.15, -0.1) is 0 Å². The summed E-state index contributed by atoms with van der Waals surface area (Å²) < 4.78 is 1.81. The van der Waals surface area contributed by atoms with Crippen LogP contribution in [0, 0.1) is 26.7 Å².